The maximum atomic E-state index is 13.0. The normalized spacial score (nSPS) is 10.2. The van der Waals surface area contributed by atoms with Crippen molar-refractivity contribution in [3.05, 3.63) is 54.1 Å². The van der Waals surface area contributed by atoms with E-state index in [-0.39, 0.29) is 5.56 Å². The number of nitrogens with one attached hydrogen (secondary N) is 1. The van der Waals surface area contributed by atoms with Gasteiger partial charge in [0.2, 0.25) is 5.95 Å². The molecule has 2 rings (SSSR count). The molecule has 0 saturated carbocycles. The lowest BCUT2D eigenvalue weighted by Crippen LogP contribution is -2.12. The lowest BCUT2D eigenvalue weighted by Gasteiger charge is -2.09. The van der Waals surface area contributed by atoms with Crippen LogP contribution in [0.2, 0.25) is 0 Å². The van der Waals surface area contributed by atoms with Crippen LogP contribution in [0.1, 0.15) is 10.4 Å². The van der Waals surface area contributed by atoms with Gasteiger partial charge in [-0.1, -0.05) is 6.07 Å². The molecule has 1 N–H and O–H groups in total. The fourth-order valence-corrected chi connectivity index (χ4v) is 1.65. The molecule has 0 aliphatic heterocycles. The van der Waals surface area contributed by atoms with Crippen molar-refractivity contribution in [2.24, 2.45) is 0 Å². The zero-order valence-electron chi connectivity index (χ0n) is 11.5. The molecule has 0 unspecified atom stereocenters. The second kappa shape index (κ2) is 7.35. The van der Waals surface area contributed by atoms with Crippen molar-refractivity contribution in [2.75, 3.05) is 25.6 Å². The van der Waals surface area contributed by atoms with Crippen LogP contribution in [0.25, 0.3) is 0 Å². The van der Waals surface area contributed by atoms with E-state index in [1.54, 1.807) is 31.4 Å². The van der Waals surface area contributed by atoms with Crippen LogP contribution < -0.4 is 10.1 Å². The largest absolute Gasteiger partial charge is 0.491 e. The quantitative estimate of drug-likeness (QED) is 0.656. The topological polar surface area (TPSA) is 60.5 Å². The Morgan fingerprint density at radius 2 is 2.14 bits per heavy atom. The Labute approximate surface area is 121 Å². The van der Waals surface area contributed by atoms with Crippen molar-refractivity contribution in [3.63, 3.8) is 0 Å². The number of hydrogen-bond acceptors (Lipinski definition) is 4. The SMILES string of the molecule is COCCOc1cccc(NC(=O)c2ccnc(F)c2)c1. The molecule has 0 atom stereocenters. The van der Waals surface area contributed by atoms with Gasteiger partial charge in [0.1, 0.15) is 12.4 Å². The van der Waals surface area contributed by atoms with Crippen LogP contribution in [0.3, 0.4) is 0 Å². The third-order valence-corrected chi connectivity index (χ3v) is 2.64. The highest BCUT2D eigenvalue weighted by atomic mass is 19.1. The van der Waals surface area contributed by atoms with Crippen LogP contribution in [0.4, 0.5) is 10.1 Å². The van der Waals surface area contributed by atoms with E-state index >= 15 is 0 Å². The van der Waals surface area contributed by atoms with Gasteiger partial charge < -0.3 is 14.8 Å². The van der Waals surface area contributed by atoms with Gasteiger partial charge in [-0.15, -0.1) is 0 Å². The number of pyridine rings is 1. The number of carbonyl (C=O) groups excluding carboxylic acids is 1. The summed E-state index contributed by atoms with van der Waals surface area (Å²) in [5.74, 6) is -0.490. The highest BCUT2D eigenvalue weighted by Gasteiger charge is 2.08. The number of hydrogen-bond donors (Lipinski definition) is 1. The number of anilines is 1. The summed E-state index contributed by atoms with van der Waals surface area (Å²) in [5.41, 5.74) is 0.764. The number of rotatable bonds is 6. The molecule has 6 heteroatoms. The number of nitrogens with zero attached hydrogens (tertiary/aromatic N) is 1. The molecule has 110 valence electrons. The van der Waals surface area contributed by atoms with Crippen LogP contribution >= 0.6 is 0 Å². The van der Waals surface area contributed by atoms with Gasteiger partial charge in [-0.2, -0.15) is 4.39 Å². The molecule has 0 saturated heterocycles. The van der Waals surface area contributed by atoms with Crippen LogP contribution in [0.5, 0.6) is 5.75 Å². The maximum absolute atomic E-state index is 13.0. The molecule has 5 nitrogen and oxygen atoms in total. The number of benzene rings is 1. The van der Waals surface area contributed by atoms with Crippen LogP contribution in [0, 0.1) is 5.95 Å². The van der Waals surface area contributed by atoms with Gasteiger partial charge >= 0.3 is 0 Å². The molecule has 0 spiro atoms. The second-order valence-corrected chi connectivity index (χ2v) is 4.19. The van der Waals surface area contributed by atoms with Gasteiger partial charge in [0, 0.05) is 36.7 Å². The van der Waals surface area contributed by atoms with Crippen LogP contribution in [-0.2, 0) is 4.74 Å². The molecule has 0 radical (unpaired) electrons. The minimum absolute atomic E-state index is 0.202. The lowest BCUT2D eigenvalue weighted by atomic mass is 10.2. The molecule has 0 aliphatic carbocycles. The maximum Gasteiger partial charge on any atom is 0.255 e. The fraction of sp³-hybridized carbons (Fsp3) is 0.200. The molecule has 2 aromatic rings. The Hall–Kier alpha value is -2.47. The molecular formula is C15H15FN2O3. The number of ether oxygens (including phenoxy) is 2. The number of carbonyl (C=O) groups is 1. The summed E-state index contributed by atoms with van der Waals surface area (Å²) >= 11 is 0. The molecule has 1 aromatic carbocycles. The Morgan fingerprint density at radius 1 is 1.29 bits per heavy atom. The smallest absolute Gasteiger partial charge is 0.255 e. The first-order valence-electron chi connectivity index (χ1n) is 6.34. The Balaban J connectivity index is 2.02. The van der Waals surface area contributed by atoms with E-state index in [1.807, 2.05) is 0 Å². The summed E-state index contributed by atoms with van der Waals surface area (Å²) in [6, 6.07) is 9.46. The second-order valence-electron chi connectivity index (χ2n) is 4.19. The molecular weight excluding hydrogens is 275 g/mol. The first-order valence-corrected chi connectivity index (χ1v) is 6.34. The summed E-state index contributed by atoms with van der Waals surface area (Å²) < 4.78 is 23.3. The van der Waals surface area contributed by atoms with Crippen molar-refractivity contribution in [1.29, 1.82) is 0 Å². The van der Waals surface area contributed by atoms with Gasteiger partial charge in [0.15, 0.2) is 0 Å². The molecule has 1 aromatic heterocycles. The number of amides is 1. The van der Waals surface area contributed by atoms with Crippen molar-refractivity contribution >= 4 is 11.6 Å². The highest BCUT2D eigenvalue weighted by molar-refractivity contribution is 6.04. The molecule has 0 bridgehead atoms. The molecule has 1 heterocycles. The van der Waals surface area contributed by atoms with E-state index in [0.29, 0.717) is 24.7 Å². The minimum atomic E-state index is -0.695. The summed E-state index contributed by atoms with van der Waals surface area (Å²) in [7, 11) is 1.59. The molecule has 1 amide bonds. The van der Waals surface area contributed by atoms with Gasteiger partial charge in [-0.3, -0.25) is 4.79 Å². The minimum Gasteiger partial charge on any atom is -0.491 e. The number of halogens is 1. The van der Waals surface area contributed by atoms with Crippen LogP contribution in [0.15, 0.2) is 42.6 Å². The van der Waals surface area contributed by atoms with Crippen molar-refractivity contribution in [3.8, 4) is 5.75 Å². The monoisotopic (exact) mass is 290 g/mol. The summed E-state index contributed by atoms with van der Waals surface area (Å²) in [6.07, 6.45) is 1.24. The average Bonchev–Trinajstić information content (AvgIpc) is 2.48. The first-order chi connectivity index (χ1) is 10.2. The lowest BCUT2D eigenvalue weighted by molar-refractivity contribution is 0.102. The Bertz CT molecular complexity index is 619. The summed E-state index contributed by atoms with van der Waals surface area (Å²) in [5, 5.41) is 2.67. The van der Waals surface area contributed by atoms with E-state index in [2.05, 4.69) is 10.3 Å². The van der Waals surface area contributed by atoms with Crippen molar-refractivity contribution < 1.29 is 18.7 Å². The third-order valence-electron chi connectivity index (χ3n) is 2.64. The van der Waals surface area contributed by atoms with Gasteiger partial charge in [0.25, 0.3) is 5.91 Å². The Morgan fingerprint density at radius 3 is 2.90 bits per heavy atom. The Kier molecular flexibility index (Phi) is 5.22. The van der Waals surface area contributed by atoms with Crippen molar-refractivity contribution in [2.45, 2.75) is 0 Å². The van der Waals surface area contributed by atoms with Crippen molar-refractivity contribution in [1.82, 2.24) is 4.98 Å². The highest BCUT2D eigenvalue weighted by Crippen LogP contribution is 2.18. The molecule has 0 aliphatic rings. The number of methoxy groups -OCH3 is 1. The van der Waals surface area contributed by atoms with E-state index in [4.69, 9.17) is 9.47 Å². The predicted molar refractivity (Wildman–Crippen MR) is 76.0 cm³/mol. The van der Waals surface area contributed by atoms with E-state index in [0.717, 1.165) is 6.07 Å². The fourth-order valence-electron chi connectivity index (χ4n) is 1.65. The zero-order chi connectivity index (χ0) is 15.1. The molecule has 21 heavy (non-hydrogen) atoms. The summed E-state index contributed by atoms with van der Waals surface area (Å²) in [4.78, 5) is 15.4. The predicted octanol–water partition coefficient (Wildman–Crippen LogP) is 2.50. The van der Waals surface area contributed by atoms with Crippen LogP contribution in [-0.4, -0.2) is 31.2 Å². The molecule has 0 fully saturated rings. The van der Waals surface area contributed by atoms with Gasteiger partial charge in [0.05, 0.1) is 6.61 Å². The number of aromatic nitrogens is 1. The van der Waals surface area contributed by atoms with E-state index < -0.39 is 11.9 Å². The van der Waals surface area contributed by atoms with E-state index in [9.17, 15) is 9.18 Å². The standard InChI is InChI=1S/C15H15FN2O3/c1-20-7-8-21-13-4-2-3-12(10-13)18-15(19)11-5-6-17-14(16)9-11/h2-6,9-10H,7-8H2,1H3,(H,18,19). The van der Waals surface area contributed by atoms with E-state index in [1.165, 1.54) is 12.3 Å². The van der Waals surface area contributed by atoms with Gasteiger partial charge in [-0.25, -0.2) is 4.98 Å². The van der Waals surface area contributed by atoms with Gasteiger partial charge in [-0.05, 0) is 18.2 Å². The zero-order valence-corrected chi connectivity index (χ0v) is 11.5. The first kappa shape index (κ1) is 14.9. The average molecular weight is 290 g/mol. The third kappa shape index (κ3) is 4.54. The summed E-state index contributed by atoms with van der Waals surface area (Å²) in [6.45, 7) is 0.899.